The van der Waals surface area contributed by atoms with Crippen LogP contribution < -0.4 is 5.32 Å². The number of amides is 1. The summed E-state index contributed by atoms with van der Waals surface area (Å²) in [6.45, 7) is 1.25. The minimum absolute atomic E-state index is 0.0678. The smallest absolute Gasteiger partial charge is 0.326 e. The van der Waals surface area contributed by atoms with Gasteiger partial charge in [-0.2, -0.15) is 0 Å². The predicted octanol–water partition coefficient (Wildman–Crippen LogP) is 1.18. The first-order valence-corrected chi connectivity index (χ1v) is 5.25. The second-order valence-corrected chi connectivity index (χ2v) is 3.99. The Morgan fingerprint density at radius 3 is 2.59 bits per heavy atom. The van der Waals surface area contributed by atoms with Gasteiger partial charge in [0.1, 0.15) is 11.8 Å². The molecule has 0 spiro atoms. The molecule has 0 saturated heterocycles. The van der Waals surface area contributed by atoms with E-state index >= 15 is 0 Å². The summed E-state index contributed by atoms with van der Waals surface area (Å²) in [5.74, 6) is -1.60. The van der Waals surface area contributed by atoms with E-state index in [9.17, 15) is 14.7 Å². The number of hydrogen-bond acceptors (Lipinski definition) is 3. The van der Waals surface area contributed by atoms with Crippen molar-refractivity contribution < 1.29 is 19.8 Å². The van der Waals surface area contributed by atoms with Crippen LogP contribution >= 0.6 is 11.6 Å². The Morgan fingerprint density at radius 1 is 1.47 bits per heavy atom. The molecule has 1 amide bonds. The lowest BCUT2D eigenvalue weighted by Crippen LogP contribution is -2.41. The summed E-state index contributed by atoms with van der Waals surface area (Å²) in [5.41, 5.74) is 0.619. The van der Waals surface area contributed by atoms with E-state index < -0.39 is 17.9 Å². The van der Waals surface area contributed by atoms with Crippen molar-refractivity contribution >= 4 is 23.5 Å². The maximum absolute atomic E-state index is 10.9. The Bertz CT molecular complexity index is 447. The van der Waals surface area contributed by atoms with Gasteiger partial charge in [-0.25, -0.2) is 4.79 Å². The van der Waals surface area contributed by atoms with E-state index in [4.69, 9.17) is 16.7 Å². The average molecular weight is 258 g/mol. The maximum Gasteiger partial charge on any atom is 0.326 e. The van der Waals surface area contributed by atoms with Gasteiger partial charge in [0.05, 0.1) is 5.02 Å². The van der Waals surface area contributed by atoms with Crippen molar-refractivity contribution in [1.29, 1.82) is 0 Å². The molecule has 1 aromatic rings. The number of carbonyl (C=O) groups is 2. The Hall–Kier alpha value is -1.75. The standard InChI is InChI=1S/C11H12ClNO4/c1-6(14)13-9(11(16)17)5-7-2-3-10(15)8(12)4-7/h2-4,9,15H,5H2,1H3,(H,13,14)(H,16,17)/t9-/m0/s1. The number of aliphatic carboxylic acids is 1. The van der Waals surface area contributed by atoms with Gasteiger partial charge in [-0.1, -0.05) is 17.7 Å². The van der Waals surface area contributed by atoms with Gasteiger partial charge >= 0.3 is 5.97 Å². The molecular formula is C11H12ClNO4. The highest BCUT2D eigenvalue weighted by molar-refractivity contribution is 6.32. The number of rotatable bonds is 4. The van der Waals surface area contributed by atoms with Gasteiger partial charge in [-0.15, -0.1) is 0 Å². The molecule has 17 heavy (non-hydrogen) atoms. The molecule has 3 N–H and O–H groups in total. The number of benzene rings is 1. The van der Waals surface area contributed by atoms with E-state index in [0.717, 1.165) is 0 Å². The summed E-state index contributed by atoms with van der Waals surface area (Å²) in [6.07, 6.45) is 0.106. The number of hydrogen-bond donors (Lipinski definition) is 3. The third-order valence-corrected chi connectivity index (χ3v) is 2.43. The van der Waals surface area contributed by atoms with Crippen LogP contribution in [0.4, 0.5) is 0 Å². The number of halogens is 1. The highest BCUT2D eigenvalue weighted by Gasteiger charge is 2.19. The minimum atomic E-state index is -1.12. The van der Waals surface area contributed by atoms with Crippen LogP contribution in [0.3, 0.4) is 0 Å². The highest BCUT2D eigenvalue weighted by Crippen LogP contribution is 2.24. The molecule has 1 aromatic carbocycles. The van der Waals surface area contributed by atoms with Crippen LogP contribution in [0.15, 0.2) is 18.2 Å². The lowest BCUT2D eigenvalue weighted by atomic mass is 10.1. The summed E-state index contributed by atoms with van der Waals surface area (Å²) in [6, 6.07) is 3.39. The van der Waals surface area contributed by atoms with Crippen molar-refractivity contribution in [3.05, 3.63) is 28.8 Å². The molecule has 0 unspecified atom stereocenters. The van der Waals surface area contributed by atoms with Crippen molar-refractivity contribution in [1.82, 2.24) is 5.32 Å². The van der Waals surface area contributed by atoms with Crippen molar-refractivity contribution in [3.8, 4) is 5.75 Å². The Kier molecular flexibility index (Phi) is 4.34. The first-order valence-electron chi connectivity index (χ1n) is 4.87. The molecule has 0 saturated carbocycles. The third kappa shape index (κ3) is 3.96. The van der Waals surface area contributed by atoms with E-state index in [1.165, 1.54) is 19.1 Å². The summed E-state index contributed by atoms with van der Waals surface area (Å²) >= 11 is 5.70. The van der Waals surface area contributed by atoms with E-state index in [-0.39, 0.29) is 17.2 Å². The van der Waals surface area contributed by atoms with Crippen LogP contribution in [0.2, 0.25) is 5.02 Å². The average Bonchev–Trinajstić information content (AvgIpc) is 2.21. The molecule has 0 aliphatic heterocycles. The topological polar surface area (TPSA) is 86.6 Å². The van der Waals surface area contributed by atoms with Gasteiger partial charge in [0.2, 0.25) is 5.91 Å². The molecule has 6 heteroatoms. The number of carboxylic acids is 1. The van der Waals surface area contributed by atoms with E-state index in [1.807, 2.05) is 0 Å². The lowest BCUT2D eigenvalue weighted by Gasteiger charge is -2.13. The number of aromatic hydroxyl groups is 1. The highest BCUT2D eigenvalue weighted by atomic mass is 35.5. The van der Waals surface area contributed by atoms with Gasteiger partial charge in [0, 0.05) is 13.3 Å². The van der Waals surface area contributed by atoms with Gasteiger partial charge < -0.3 is 15.5 Å². The van der Waals surface area contributed by atoms with Crippen LogP contribution in [0.25, 0.3) is 0 Å². The van der Waals surface area contributed by atoms with E-state index in [1.54, 1.807) is 6.07 Å². The largest absolute Gasteiger partial charge is 0.506 e. The Balaban J connectivity index is 2.82. The van der Waals surface area contributed by atoms with Crippen LogP contribution in [0.1, 0.15) is 12.5 Å². The van der Waals surface area contributed by atoms with Crippen LogP contribution in [-0.2, 0) is 16.0 Å². The fourth-order valence-corrected chi connectivity index (χ4v) is 1.56. The predicted molar refractivity (Wildman–Crippen MR) is 62.1 cm³/mol. The van der Waals surface area contributed by atoms with Crippen molar-refractivity contribution in [2.75, 3.05) is 0 Å². The summed E-state index contributed by atoms with van der Waals surface area (Å²) in [5, 5.41) is 20.6. The Labute approximate surface area is 103 Å². The zero-order valence-corrected chi connectivity index (χ0v) is 9.86. The molecule has 5 nitrogen and oxygen atoms in total. The third-order valence-electron chi connectivity index (χ3n) is 2.13. The number of phenolic OH excluding ortho intramolecular Hbond substituents is 1. The molecule has 0 aliphatic carbocycles. The Morgan fingerprint density at radius 2 is 2.12 bits per heavy atom. The van der Waals surface area contributed by atoms with Gasteiger partial charge in [0.15, 0.2) is 0 Å². The monoisotopic (exact) mass is 257 g/mol. The van der Waals surface area contributed by atoms with Gasteiger partial charge in [0.25, 0.3) is 0 Å². The summed E-state index contributed by atoms with van der Waals surface area (Å²) in [7, 11) is 0. The molecule has 92 valence electrons. The van der Waals surface area contributed by atoms with Crippen molar-refractivity contribution in [2.45, 2.75) is 19.4 Å². The minimum Gasteiger partial charge on any atom is -0.506 e. The van der Waals surface area contributed by atoms with Crippen LogP contribution in [0.5, 0.6) is 5.75 Å². The van der Waals surface area contributed by atoms with Gasteiger partial charge in [-0.3, -0.25) is 4.79 Å². The van der Waals surface area contributed by atoms with Crippen LogP contribution in [-0.4, -0.2) is 28.1 Å². The zero-order chi connectivity index (χ0) is 13.0. The molecular weight excluding hydrogens is 246 g/mol. The normalized spacial score (nSPS) is 11.9. The van der Waals surface area contributed by atoms with Gasteiger partial charge in [-0.05, 0) is 17.7 Å². The second-order valence-electron chi connectivity index (χ2n) is 3.58. The fraction of sp³-hybridized carbons (Fsp3) is 0.273. The number of nitrogens with one attached hydrogen (secondary N) is 1. The SMILES string of the molecule is CC(=O)N[C@@H](Cc1ccc(O)c(Cl)c1)C(=O)O. The maximum atomic E-state index is 10.9. The van der Waals surface area contributed by atoms with Crippen molar-refractivity contribution in [2.24, 2.45) is 0 Å². The molecule has 0 aromatic heterocycles. The van der Waals surface area contributed by atoms with E-state index in [0.29, 0.717) is 5.56 Å². The molecule has 0 fully saturated rings. The lowest BCUT2D eigenvalue weighted by molar-refractivity contribution is -0.141. The summed E-state index contributed by atoms with van der Waals surface area (Å²) in [4.78, 5) is 21.7. The first-order chi connectivity index (χ1) is 7.90. The first kappa shape index (κ1) is 13.3. The summed E-state index contributed by atoms with van der Waals surface area (Å²) < 4.78 is 0. The fourth-order valence-electron chi connectivity index (χ4n) is 1.36. The number of carbonyl (C=O) groups excluding carboxylic acids is 1. The van der Waals surface area contributed by atoms with E-state index in [2.05, 4.69) is 5.32 Å². The number of phenols is 1. The zero-order valence-electron chi connectivity index (χ0n) is 9.11. The molecule has 1 atom stereocenters. The molecule has 0 bridgehead atoms. The molecule has 0 aliphatic rings. The van der Waals surface area contributed by atoms with Crippen molar-refractivity contribution in [3.63, 3.8) is 0 Å². The second kappa shape index (κ2) is 5.54. The quantitative estimate of drug-likeness (QED) is 0.756. The molecule has 0 heterocycles. The number of carboxylic acid groups (broad SMARTS) is 1. The molecule has 1 rings (SSSR count). The molecule has 0 radical (unpaired) electrons. The van der Waals surface area contributed by atoms with Crippen LogP contribution in [0, 0.1) is 0 Å².